The summed E-state index contributed by atoms with van der Waals surface area (Å²) in [5, 5.41) is 3.52. The van der Waals surface area contributed by atoms with E-state index < -0.39 is 0 Å². The highest BCUT2D eigenvalue weighted by Gasteiger charge is 2.16. The molecule has 1 unspecified atom stereocenters. The fraction of sp³-hybridized carbons (Fsp3) is 0.389. The Morgan fingerprint density at radius 2 is 1.81 bits per heavy atom. The number of nitrogens with zero attached hydrogens (tertiary/aromatic N) is 1. The van der Waals surface area contributed by atoms with Gasteiger partial charge in [-0.2, -0.15) is 0 Å². The van der Waals surface area contributed by atoms with Crippen LogP contribution in [0.3, 0.4) is 0 Å². The van der Waals surface area contributed by atoms with Crippen LogP contribution in [0.5, 0.6) is 0 Å². The van der Waals surface area contributed by atoms with E-state index in [1.54, 1.807) is 16.7 Å². The van der Waals surface area contributed by atoms with Gasteiger partial charge in [-0.1, -0.05) is 30.7 Å². The van der Waals surface area contributed by atoms with E-state index in [1.807, 2.05) is 12.3 Å². The molecule has 1 aromatic carbocycles. The van der Waals surface area contributed by atoms with Gasteiger partial charge in [0.05, 0.1) is 6.04 Å². The predicted octanol–water partition coefficient (Wildman–Crippen LogP) is 3.12. The Labute approximate surface area is 126 Å². The first-order valence-corrected chi connectivity index (χ1v) is 7.49. The summed E-state index contributed by atoms with van der Waals surface area (Å²) in [5.74, 6) is 0. The second-order valence-corrected chi connectivity index (χ2v) is 5.61. The molecule has 2 aromatic rings. The lowest BCUT2D eigenvalue weighted by atomic mass is 9.94. The van der Waals surface area contributed by atoms with Crippen LogP contribution in [0.2, 0.25) is 0 Å². The van der Waals surface area contributed by atoms with Gasteiger partial charge in [-0.05, 0) is 50.1 Å². The van der Waals surface area contributed by atoms with Gasteiger partial charge in [0.25, 0.3) is 5.56 Å². The van der Waals surface area contributed by atoms with Gasteiger partial charge in [0.15, 0.2) is 0 Å². The Kier molecular flexibility index (Phi) is 4.97. The molecule has 0 saturated carbocycles. The number of benzene rings is 1. The summed E-state index contributed by atoms with van der Waals surface area (Å²) in [6, 6.07) is 9.86. The summed E-state index contributed by atoms with van der Waals surface area (Å²) in [6.07, 6.45) is 1.85. The Morgan fingerprint density at radius 1 is 1.14 bits per heavy atom. The van der Waals surface area contributed by atoms with Crippen molar-refractivity contribution >= 4 is 0 Å². The Bertz CT molecular complexity index is 650. The number of hydrogen-bond acceptors (Lipinski definition) is 2. The molecule has 0 spiro atoms. The van der Waals surface area contributed by atoms with Crippen molar-refractivity contribution in [2.45, 2.75) is 40.3 Å². The van der Waals surface area contributed by atoms with Crippen LogP contribution < -0.4 is 10.9 Å². The van der Waals surface area contributed by atoms with Crippen molar-refractivity contribution in [3.05, 3.63) is 69.1 Å². The number of aryl methyl sites for hydroxylation is 3. The molecule has 0 radical (unpaired) electrons. The van der Waals surface area contributed by atoms with Gasteiger partial charge in [0.2, 0.25) is 0 Å². The molecule has 21 heavy (non-hydrogen) atoms. The third kappa shape index (κ3) is 3.61. The van der Waals surface area contributed by atoms with E-state index in [1.165, 1.54) is 22.3 Å². The molecule has 3 heteroatoms. The molecule has 0 aliphatic carbocycles. The van der Waals surface area contributed by atoms with Crippen molar-refractivity contribution in [2.75, 3.05) is 6.54 Å². The fourth-order valence-electron chi connectivity index (χ4n) is 3.05. The number of nitrogens with one attached hydrogen (secondary N) is 1. The van der Waals surface area contributed by atoms with Crippen molar-refractivity contribution in [2.24, 2.45) is 0 Å². The molecule has 0 bridgehead atoms. The molecule has 112 valence electrons. The van der Waals surface area contributed by atoms with Crippen LogP contribution in [-0.2, 0) is 6.54 Å². The van der Waals surface area contributed by atoms with Crippen LogP contribution >= 0.6 is 0 Å². The summed E-state index contributed by atoms with van der Waals surface area (Å²) in [4.78, 5) is 11.9. The quantitative estimate of drug-likeness (QED) is 0.915. The van der Waals surface area contributed by atoms with Gasteiger partial charge in [-0.3, -0.25) is 4.79 Å². The highest BCUT2D eigenvalue weighted by molar-refractivity contribution is 5.39. The first-order valence-electron chi connectivity index (χ1n) is 7.49. The standard InChI is InChI=1S/C18H24N2O/c1-5-19-16(12-20-9-7-6-8-17(20)21)18-14(3)10-13(2)11-15(18)4/h6-11,16,19H,5,12H2,1-4H3. The van der Waals surface area contributed by atoms with Crippen LogP contribution in [0.25, 0.3) is 0 Å². The summed E-state index contributed by atoms with van der Waals surface area (Å²) in [7, 11) is 0. The number of hydrogen-bond donors (Lipinski definition) is 1. The van der Waals surface area contributed by atoms with Gasteiger partial charge in [0, 0.05) is 18.8 Å². The summed E-state index contributed by atoms with van der Waals surface area (Å²) < 4.78 is 1.77. The average Bonchev–Trinajstić information content (AvgIpc) is 2.40. The van der Waals surface area contributed by atoms with Crippen LogP contribution in [0.1, 0.15) is 35.2 Å². The molecular formula is C18H24N2O. The lowest BCUT2D eigenvalue weighted by Crippen LogP contribution is -2.30. The average molecular weight is 284 g/mol. The highest BCUT2D eigenvalue weighted by atomic mass is 16.1. The second kappa shape index (κ2) is 6.72. The van der Waals surface area contributed by atoms with E-state index in [0.717, 1.165) is 6.54 Å². The molecule has 2 rings (SSSR count). The van der Waals surface area contributed by atoms with Crippen LogP contribution in [0.15, 0.2) is 41.3 Å². The summed E-state index contributed by atoms with van der Waals surface area (Å²) in [6.45, 7) is 10.0. The zero-order chi connectivity index (χ0) is 15.4. The molecule has 0 aliphatic rings. The predicted molar refractivity (Wildman–Crippen MR) is 87.8 cm³/mol. The molecule has 0 aliphatic heterocycles. The first kappa shape index (κ1) is 15.5. The zero-order valence-corrected chi connectivity index (χ0v) is 13.3. The Hall–Kier alpha value is -1.87. The van der Waals surface area contributed by atoms with Gasteiger partial charge < -0.3 is 9.88 Å². The number of pyridine rings is 1. The van der Waals surface area contributed by atoms with E-state index in [-0.39, 0.29) is 11.6 Å². The van der Waals surface area contributed by atoms with E-state index in [9.17, 15) is 4.79 Å². The fourth-order valence-corrected chi connectivity index (χ4v) is 3.05. The summed E-state index contributed by atoms with van der Waals surface area (Å²) in [5.41, 5.74) is 5.19. The van der Waals surface area contributed by atoms with Crippen molar-refractivity contribution in [3.63, 3.8) is 0 Å². The molecule has 1 atom stereocenters. The minimum atomic E-state index is 0.0443. The smallest absolute Gasteiger partial charge is 0.250 e. The third-order valence-corrected chi connectivity index (χ3v) is 3.82. The molecule has 3 nitrogen and oxygen atoms in total. The molecule has 1 N–H and O–H groups in total. The van der Waals surface area contributed by atoms with Crippen molar-refractivity contribution in [1.82, 2.24) is 9.88 Å². The topological polar surface area (TPSA) is 34.0 Å². The monoisotopic (exact) mass is 284 g/mol. The maximum Gasteiger partial charge on any atom is 0.250 e. The van der Waals surface area contributed by atoms with Gasteiger partial charge in [0.1, 0.15) is 0 Å². The van der Waals surface area contributed by atoms with Gasteiger partial charge in [-0.15, -0.1) is 0 Å². The molecule has 1 aromatic heterocycles. The lowest BCUT2D eigenvalue weighted by Gasteiger charge is -2.24. The largest absolute Gasteiger partial charge is 0.314 e. The molecule has 0 saturated heterocycles. The van der Waals surface area contributed by atoms with E-state index >= 15 is 0 Å². The minimum absolute atomic E-state index is 0.0443. The van der Waals surface area contributed by atoms with Gasteiger partial charge >= 0.3 is 0 Å². The number of aromatic nitrogens is 1. The SMILES string of the molecule is CCNC(Cn1ccccc1=O)c1c(C)cc(C)cc1C. The van der Waals surface area contributed by atoms with Gasteiger partial charge in [-0.25, -0.2) is 0 Å². The summed E-state index contributed by atoms with van der Waals surface area (Å²) >= 11 is 0. The highest BCUT2D eigenvalue weighted by Crippen LogP contribution is 2.24. The third-order valence-electron chi connectivity index (χ3n) is 3.82. The Morgan fingerprint density at radius 3 is 2.38 bits per heavy atom. The normalized spacial score (nSPS) is 12.4. The van der Waals surface area contributed by atoms with E-state index in [2.05, 4.69) is 45.1 Å². The van der Waals surface area contributed by atoms with Crippen molar-refractivity contribution < 1.29 is 0 Å². The van der Waals surface area contributed by atoms with E-state index in [4.69, 9.17) is 0 Å². The van der Waals surface area contributed by atoms with Crippen LogP contribution in [-0.4, -0.2) is 11.1 Å². The zero-order valence-electron chi connectivity index (χ0n) is 13.3. The number of likely N-dealkylation sites (N-methyl/N-ethyl adjacent to an activating group) is 1. The van der Waals surface area contributed by atoms with Crippen molar-refractivity contribution in [1.29, 1.82) is 0 Å². The van der Waals surface area contributed by atoms with Crippen LogP contribution in [0.4, 0.5) is 0 Å². The minimum Gasteiger partial charge on any atom is -0.314 e. The molecular weight excluding hydrogens is 260 g/mol. The van der Waals surface area contributed by atoms with Crippen LogP contribution in [0, 0.1) is 20.8 Å². The molecule has 1 heterocycles. The second-order valence-electron chi connectivity index (χ2n) is 5.61. The van der Waals surface area contributed by atoms with E-state index in [0.29, 0.717) is 6.54 Å². The maximum atomic E-state index is 11.9. The molecule has 0 amide bonds. The lowest BCUT2D eigenvalue weighted by molar-refractivity contribution is 0.464. The molecule has 0 fully saturated rings. The first-order chi connectivity index (χ1) is 10.0. The Balaban J connectivity index is 2.40. The van der Waals surface area contributed by atoms with Crippen molar-refractivity contribution in [3.8, 4) is 0 Å². The number of rotatable bonds is 5. The maximum absolute atomic E-state index is 11.9.